The number of alkyl halides is 1. The average Bonchev–Trinajstić information content (AvgIpc) is 2.46. The maximum absolute atomic E-state index is 12.9. The Morgan fingerprint density at radius 2 is 2.05 bits per heavy atom. The molecule has 0 bridgehead atoms. The summed E-state index contributed by atoms with van der Waals surface area (Å²) in [4.78, 5) is 0. The van der Waals surface area contributed by atoms with Crippen LogP contribution in [-0.2, 0) is 10.2 Å². The Kier molecular flexibility index (Phi) is 5.17. The summed E-state index contributed by atoms with van der Waals surface area (Å²) in [5.41, 5.74) is 2.80. The third kappa shape index (κ3) is 3.35. The number of nitrogens with zero attached hydrogens (tertiary/aromatic N) is 2. The number of halogens is 1. The highest BCUT2D eigenvalue weighted by Crippen LogP contribution is 2.28. The molecule has 1 heterocycles. The quantitative estimate of drug-likeness (QED) is 0.796. The van der Waals surface area contributed by atoms with Crippen LogP contribution in [0.5, 0.6) is 0 Å². The van der Waals surface area contributed by atoms with Crippen LogP contribution in [0.15, 0.2) is 18.2 Å². The van der Waals surface area contributed by atoms with Crippen LogP contribution in [0.3, 0.4) is 0 Å². The predicted octanol–water partition coefficient (Wildman–Crippen LogP) is 3.08. The van der Waals surface area contributed by atoms with E-state index in [1.165, 1.54) is 4.31 Å². The third-order valence-electron chi connectivity index (χ3n) is 4.09. The lowest BCUT2D eigenvalue weighted by atomic mass is 10.1. The highest BCUT2D eigenvalue weighted by Gasteiger charge is 2.35. The molecule has 0 saturated carbocycles. The zero-order chi connectivity index (χ0) is 15.6. The van der Waals surface area contributed by atoms with Gasteiger partial charge in [-0.05, 0) is 38.3 Å². The van der Waals surface area contributed by atoms with Gasteiger partial charge in [-0.3, -0.25) is 4.31 Å². The lowest BCUT2D eigenvalue weighted by Crippen LogP contribution is -2.50. The maximum atomic E-state index is 12.9. The number of aryl methyl sites for hydroxylation is 2. The van der Waals surface area contributed by atoms with Gasteiger partial charge in [0.25, 0.3) is 0 Å². The van der Waals surface area contributed by atoms with E-state index in [2.05, 4.69) is 0 Å². The summed E-state index contributed by atoms with van der Waals surface area (Å²) >= 11 is 5.96. The summed E-state index contributed by atoms with van der Waals surface area (Å²) in [7, 11) is -1.91. The van der Waals surface area contributed by atoms with E-state index in [1.54, 1.807) is 11.4 Å². The summed E-state index contributed by atoms with van der Waals surface area (Å²) in [5, 5.41) is 0. The Hall–Kier alpha value is -0.780. The van der Waals surface area contributed by atoms with Crippen LogP contribution in [0.2, 0.25) is 0 Å². The van der Waals surface area contributed by atoms with Crippen LogP contribution in [0.25, 0.3) is 0 Å². The lowest BCUT2D eigenvalue weighted by Gasteiger charge is -2.37. The molecule has 0 spiro atoms. The number of hydrogen-bond donors (Lipinski definition) is 0. The second kappa shape index (κ2) is 6.55. The lowest BCUT2D eigenvalue weighted by molar-refractivity contribution is 0.271. The molecule has 6 heteroatoms. The zero-order valence-corrected chi connectivity index (χ0v) is 14.4. The van der Waals surface area contributed by atoms with Crippen molar-refractivity contribution in [2.75, 3.05) is 23.8 Å². The summed E-state index contributed by atoms with van der Waals surface area (Å²) in [6.07, 6.45) is 2.77. The van der Waals surface area contributed by atoms with E-state index in [4.69, 9.17) is 11.6 Å². The summed E-state index contributed by atoms with van der Waals surface area (Å²) in [6, 6.07) is 5.70. The Labute approximate surface area is 132 Å². The molecule has 1 fully saturated rings. The first-order chi connectivity index (χ1) is 9.87. The molecule has 1 aromatic rings. The van der Waals surface area contributed by atoms with Crippen molar-refractivity contribution >= 4 is 27.5 Å². The molecule has 0 amide bonds. The van der Waals surface area contributed by atoms with Gasteiger partial charge in [-0.1, -0.05) is 24.1 Å². The van der Waals surface area contributed by atoms with Gasteiger partial charge >= 0.3 is 10.2 Å². The molecule has 0 N–H and O–H groups in total. The highest BCUT2D eigenvalue weighted by atomic mass is 35.5. The number of anilines is 1. The Morgan fingerprint density at radius 1 is 1.33 bits per heavy atom. The molecule has 118 valence electrons. The molecular formula is C15H23ClN2O2S. The minimum atomic E-state index is -3.53. The van der Waals surface area contributed by atoms with Gasteiger partial charge in [0, 0.05) is 25.5 Å². The summed E-state index contributed by atoms with van der Waals surface area (Å²) < 4.78 is 28.7. The van der Waals surface area contributed by atoms with Gasteiger partial charge in [-0.2, -0.15) is 12.7 Å². The van der Waals surface area contributed by atoms with E-state index in [0.717, 1.165) is 36.1 Å². The topological polar surface area (TPSA) is 40.6 Å². The Bertz CT molecular complexity index is 604. The average molecular weight is 331 g/mol. The number of benzene rings is 1. The van der Waals surface area contributed by atoms with Crippen molar-refractivity contribution < 1.29 is 8.42 Å². The zero-order valence-electron chi connectivity index (χ0n) is 12.8. The normalized spacial score (nSPS) is 20.5. The fourth-order valence-electron chi connectivity index (χ4n) is 2.87. The number of piperidine rings is 1. The minimum Gasteiger partial charge on any atom is -0.260 e. The van der Waals surface area contributed by atoms with Crippen molar-refractivity contribution in [2.45, 2.75) is 39.2 Å². The fourth-order valence-corrected chi connectivity index (χ4v) is 4.96. The minimum absolute atomic E-state index is 0.0985. The van der Waals surface area contributed by atoms with E-state index >= 15 is 0 Å². The molecule has 1 atom stereocenters. The van der Waals surface area contributed by atoms with Crippen LogP contribution in [-0.4, -0.2) is 38.2 Å². The maximum Gasteiger partial charge on any atom is 0.304 e. The number of hydrogen-bond acceptors (Lipinski definition) is 2. The monoisotopic (exact) mass is 330 g/mol. The molecule has 2 rings (SSSR count). The van der Waals surface area contributed by atoms with Crippen molar-refractivity contribution in [2.24, 2.45) is 0 Å². The van der Waals surface area contributed by atoms with E-state index in [0.29, 0.717) is 12.4 Å². The van der Waals surface area contributed by atoms with E-state index in [1.807, 2.05) is 32.0 Å². The van der Waals surface area contributed by atoms with Gasteiger partial charge in [0.15, 0.2) is 0 Å². The van der Waals surface area contributed by atoms with Crippen LogP contribution < -0.4 is 4.31 Å². The first kappa shape index (κ1) is 16.6. The van der Waals surface area contributed by atoms with Crippen molar-refractivity contribution in [3.63, 3.8) is 0 Å². The molecule has 1 aromatic carbocycles. The molecule has 21 heavy (non-hydrogen) atoms. The van der Waals surface area contributed by atoms with Gasteiger partial charge in [0.2, 0.25) is 0 Å². The van der Waals surface area contributed by atoms with Gasteiger partial charge in [-0.25, -0.2) is 0 Å². The van der Waals surface area contributed by atoms with Crippen LogP contribution in [0, 0.1) is 13.8 Å². The molecule has 1 unspecified atom stereocenters. The van der Waals surface area contributed by atoms with Crippen molar-refractivity contribution in [3.05, 3.63) is 29.3 Å². The molecular weight excluding hydrogens is 308 g/mol. The van der Waals surface area contributed by atoms with E-state index in [9.17, 15) is 8.42 Å². The molecule has 0 radical (unpaired) electrons. The SMILES string of the molecule is Cc1ccc(N(C)S(=O)(=O)N2CCCCC2CCl)c(C)c1. The molecule has 0 aliphatic carbocycles. The van der Waals surface area contributed by atoms with Gasteiger partial charge in [0.05, 0.1) is 5.69 Å². The first-order valence-electron chi connectivity index (χ1n) is 7.27. The van der Waals surface area contributed by atoms with Crippen molar-refractivity contribution in [1.82, 2.24) is 4.31 Å². The van der Waals surface area contributed by atoms with Gasteiger partial charge in [0.1, 0.15) is 0 Å². The van der Waals surface area contributed by atoms with Crippen LogP contribution in [0.4, 0.5) is 5.69 Å². The standard InChI is InChI=1S/C15H23ClN2O2S/c1-12-7-8-15(13(2)10-12)17(3)21(19,20)18-9-5-4-6-14(18)11-16/h7-8,10,14H,4-6,9,11H2,1-3H3. The molecule has 0 aromatic heterocycles. The largest absolute Gasteiger partial charge is 0.304 e. The van der Waals surface area contributed by atoms with Gasteiger partial charge < -0.3 is 0 Å². The van der Waals surface area contributed by atoms with Crippen LogP contribution >= 0.6 is 11.6 Å². The van der Waals surface area contributed by atoms with Gasteiger partial charge in [-0.15, -0.1) is 11.6 Å². The predicted molar refractivity (Wildman–Crippen MR) is 88.3 cm³/mol. The van der Waals surface area contributed by atoms with E-state index in [-0.39, 0.29) is 6.04 Å². The molecule has 1 aliphatic rings. The van der Waals surface area contributed by atoms with Crippen molar-refractivity contribution in [1.29, 1.82) is 0 Å². The Morgan fingerprint density at radius 3 is 2.67 bits per heavy atom. The van der Waals surface area contributed by atoms with Crippen molar-refractivity contribution in [3.8, 4) is 0 Å². The number of rotatable bonds is 4. The Balaban J connectivity index is 2.33. The highest BCUT2D eigenvalue weighted by molar-refractivity contribution is 7.90. The molecule has 4 nitrogen and oxygen atoms in total. The molecule has 1 aliphatic heterocycles. The second-order valence-corrected chi connectivity index (χ2v) is 7.90. The van der Waals surface area contributed by atoms with E-state index < -0.39 is 10.2 Å². The summed E-state index contributed by atoms with van der Waals surface area (Å²) in [6.45, 7) is 4.48. The second-order valence-electron chi connectivity index (χ2n) is 5.68. The molecule has 1 saturated heterocycles. The first-order valence-corrected chi connectivity index (χ1v) is 9.20. The third-order valence-corrected chi connectivity index (χ3v) is 6.40. The fraction of sp³-hybridized carbons (Fsp3) is 0.600. The summed E-state index contributed by atoms with van der Waals surface area (Å²) in [5.74, 6) is 0.347. The van der Waals surface area contributed by atoms with Crippen LogP contribution in [0.1, 0.15) is 30.4 Å². The smallest absolute Gasteiger partial charge is 0.260 e.